The van der Waals surface area contributed by atoms with E-state index in [1.54, 1.807) is 6.07 Å². The van der Waals surface area contributed by atoms with Crippen molar-refractivity contribution < 1.29 is 18.3 Å². The van der Waals surface area contributed by atoms with Crippen LogP contribution in [0.5, 0.6) is 0 Å². The first-order chi connectivity index (χ1) is 10.5. The van der Waals surface area contributed by atoms with Gasteiger partial charge >= 0.3 is 0 Å². The molecule has 1 aliphatic rings. The third kappa shape index (κ3) is 2.82. The zero-order valence-corrected chi connectivity index (χ0v) is 12.5. The summed E-state index contributed by atoms with van der Waals surface area (Å²) >= 11 is 0. The largest absolute Gasteiger partial charge is 0.545 e. The summed E-state index contributed by atoms with van der Waals surface area (Å²) in [6.07, 6.45) is 3.06. The molecule has 1 aliphatic carbocycles. The fourth-order valence-electron chi connectivity index (χ4n) is 2.64. The molecular weight excluding hydrogens is 302 g/mol. The van der Waals surface area contributed by atoms with E-state index in [2.05, 4.69) is 4.72 Å². The standard InChI is InChI=1S/C16H15NO4S/c18-16(19)13-5-2-6-15(10-13)22(20,21)17-14-8-7-11-3-1-4-12(11)9-14/h2,5-10,17H,1,3-4H2,(H,18,19)/p-1. The maximum atomic E-state index is 12.4. The first-order valence-electron chi connectivity index (χ1n) is 6.92. The van der Waals surface area contributed by atoms with Gasteiger partial charge in [0.1, 0.15) is 0 Å². The van der Waals surface area contributed by atoms with Gasteiger partial charge in [-0.05, 0) is 60.2 Å². The Labute approximate surface area is 128 Å². The minimum absolute atomic E-state index is 0.102. The molecule has 0 unspecified atom stereocenters. The van der Waals surface area contributed by atoms with Gasteiger partial charge in [0.15, 0.2) is 0 Å². The number of fused-ring (bicyclic) bond motifs is 1. The number of carbonyl (C=O) groups is 1. The number of carboxylic acid groups (broad SMARTS) is 1. The van der Waals surface area contributed by atoms with Gasteiger partial charge in [0.2, 0.25) is 0 Å². The number of carboxylic acids is 1. The van der Waals surface area contributed by atoms with Gasteiger partial charge < -0.3 is 9.90 Å². The zero-order chi connectivity index (χ0) is 15.7. The molecule has 0 fully saturated rings. The van der Waals surface area contributed by atoms with Crippen LogP contribution < -0.4 is 9.83 Å². The van der Waals surface area contributed by atoms with Gasteiger partial charge in [-0.3, -0.25) is 4.72 Å². The summed E-state index contributed by atoms with van der Waals surface area (Å²) in [5.41, 5.74) is 2.72. The number of aromatic carboxylic acids is 1. The van der Waals surface area contributed by atoms with E-state index in [-0.39, 0.29) is 10.5 Å². The van der Waals surface area contributed by atoms with Crippen molar-refractivity contribution in [2.24, 2.45) is 0 Å². The van der Waals surface area contributed by atoms with Crippen molar-refractivity contribution in [1.82, 2.24) is 0 Å². The Morgan fingerprint density at radius 1 is 1.05 bits per heavy atom. The summed E-state index contributed by atoms with van der Waals surface area (Å²) in [6, 6.07) is 10.6. The highest BCUT2D eigenvalue weighted by Crippen LogP contribution is 2.26. The summed E-state index contributed by atoms with van der Waals surface area (Å²) in [5, 5.41) is 10.8. The minimum Gasteiger partial charge on any atom is -0.545 e. The van der Waals surface area contributed by atoms with Gasteiger partial charge in [0, 0.05) is 5.69 Å². The third-order valence-electron chi connectivity index (χ3n) is 3.73. The van der Waals surface area contributed by atoms with E-state index in [4.69, 9.17) is 0 Å². The molecule has 0 saturated carbocycles. The smallest absolute Gasteiger partial charge is 0.261 e. The lowest BCUT2D eigenvalue weighted by atomic mass is 10.1. The Morgan fingerprint density at radius 2 is 1.82 bits per heavy atom. The maximum absolute atomic E-state index is 12.4. The molecule has 5 nitrogen and oxygen atoms in total. The fraction of sp³-hybridized carbons (Fsp3) is 0.188. The molecule has 2 aromatic carbocycles. The van der Waals surface area contributed by atoms with Crippen LogP contribution in [0.15, 0.2) is 47.4 Å². The fourth-order valence-corrected chi connectivity index (χ4v) is 3.73. The van der Waals surface area contributed by atoms with Gasteiger partial charge in [0.25, 0.3) is 10.0 Å². The molecule has 0 heterocycles. The number of carbonyl (C=O) groups excluding carboxylic acids is 1. The number of aryl methyl sites for hydroxylation is 2. The van der Waals surface area contributed by atoms with Crippen LogP contribution in [-0.2, 0) is 22.9 Å². The lowest BCUT2D eigenvalue weighted by molar-refractivity contribution is -0.255. The summed E-state index contributed by atoms with van der Waals surface area (Å²) < 4.78 is 27.2. The van der Waals surface area contributed by atoms with Crippen molar-refractivity contribution in [2.45, 2.75) is 24.2 Å². The predicted octanol–water partition coefficient (Wildman–Crippen LogP) is 1.34. The molecule has 114 valence electrons. The molecule has 22 heavy (non-hydrogen) atoms. The van der Waals surface area contributed by atoms with E-state index in [9.17, 15) is 18.3 Å². The molecular formula is C16H14NO4S-. The first kappa shape index (κ1) is 14.6. The maximum Gasteiger partial charge on any atom is 0.261 e. The lowest BCUT2D eigenvalue weighted by Gasteiger charge is -2.11. The number of hydrogen-bond acceptors (Lipinski definition) is 4. The third-order valence-corrected chi connectivity index (χ3v) is 5.11. The Kier molecular flexibility index (Phi) is 3.62. The van der Waals surface area contributed by atoms with Crippen molar-refractivity contribution in [2.75, 3.05) is 4.72 Å². The average Bonchev–Trinajstić information content (AvgIpc) is 2.94. The molecule has 1 N–H and O–H groups in total. The summed E-state index contributed by atoms with van der Waals surface area (Å²) in [5.74, 6) is -1.41. The topological polar surface area (TPSA) is 86.3 Å². The van der Waals surface area contributed by atoms with Crippen LogP contribution in [-0.4, -0.2) is 14.4 Å². The highest BCUT2D eigenvalue weighted by atomic mass is 32.2. The van der Waals surface area contributed by atoms with Crippen LogP contribution in [0, 0.1) is 0 Å². The van der Waals surface area contributed by atoms with Crippen LogP contribution in [0.25, 0.3) is 0 Å². The second-order valence-electron chi connectivity index (χ2n) is 5.26. The van der Waals surface area contributed by atoms with Crippen molar-refractivity contribution in [3.8, 4) is 0 Å². The number of anilines is 1. The summed E-state index contributed by atoms with van der Waals surface area (Å²) in [6.45, 7) is 0. The first-order valence-corrected chi connectivity index (χ1v) is 8.40. The van der Waals surface area contributed by atoms with Gasteiger partial charge in [-0.15, -0.1) is 0 Å². The molecule has 0 aromatic heterocycles. The van der Waals surface area contributed by atoms with Gasteiger partial charge in [-0.1, -0.05) is 18.2 Å². The number of sulfonamides is 1. The molecule has 0 amide bonds. The Bertz CT molecular complexity index is 843. The van der Waals surface area contributed by atoms with Gasteiger partial charge in [0.05, 0.1) is 10.9 Å². The highest BCUT2D eigenvalue weighted by Gasteiger charge is 2.17. The quantitative estimate of drug-likeness (QED) is 0.922. The second kappa shape index (κ2) is 5.46. The molecule has 0 radical (unpaired) electrons. The molecule has 6 heteroatoms. The average molecular weight is 316 g/mol. The number of rotatable bonds is 4. The van der Waals surface area contributed by atoms with Crippen LogP contribution in [0.4, 0.5) is 5.69 Å². The van der Waals surface area contributed by atoms with E-state index in [1.807, 2.05) is 12.1 Å². The van der Waals surface area contributed by atoms with Crippen molar-refractivity contribution >= 4 is 21.7 Å². The van der Waals surface area contributed by atoms with E-state index >= 15 is 0 Å². The van der Waals surface area contributed by atoms with E-state index in [0.29, 0.717) is 5.69 Å². The van der Waals surface area contributed by atoms with Crippen molar-refractivity contribution in [3.05, 3.63) is 59.2 Å². The van der Waals surface area contributed by atoms with Gasteiger partial charge in [-0.2, -0.15) is 0 Å². The minimum atomic E-state index is -3.83. The van der Waals surface area contributed by atoms with Gasteiger partial charge in [-0.25, -0.2) is 8.42 Å². The summed E-state index contributed by atoms with van der Waals surface area (Å²) in [7, 11) is -3.83. The molecule has 2 aromatic rings. The SMILES string of the molecule is O=C([O-])c1cccc(S(=O)(=O)Nc2ccc3c(c2)CCC3)c1. The molecule has 0 atom stereocenters. The Morgan fingerprint density at radius 3 is 2.59 bits per heavy atom. The monoisotopic (exact) mass is 316 g/mol. The molecule has 0 spiro atoms. The van der Waals surface area contributed by atoms with Crippen molar-refractivity contribution in [1.29, 1.82) is 0 Å². The van der Waals surface area contributed by atoms with E-state index in [1.165, 1.54) is 23.8 Å². The molecule has 3 rings (SSSR count). The van der Waals surface area contributed by atoms with E-state index < -0.39 is 16.0 Å². The van der Waals surface area contributed by atoms with Crippen LogP contribution in [0.1, 0.15) is 27.9 Å². The molecule has 0 aliphatic heterocycles. The van der Waals surface area contributed by atoms with E-state index in [0.717, 1.165) is 30.9 Å². The lowest BCUT2D eigenvalue weighted by Crippen LogP contribution is -2.23. The zero-order valence-electron chi connectivity index (χ0n) is 11.7. The second-order valence-corrected chi connectivity index (χ2v) is 6.94. The van der Waals surface area contributed by atoms with Crippen LogP contribution in [0.2, 0.25) is 0 Å². The number of benzene rings is 2. The molecule has 0 bridgehead atoms. The normalized spacial score (nSPS) is 13.6. The Balaban J connectivity index is 1.90. The van der Waals surface area contributed by atoms with Crippen LogP contribution in [0.3, 0.4) is 0 Å². The van der Waals surface area contributed by atoms with Crippen molar-refractivity contribution in [3.63, 3.8) is 0 Å². The predicted molar refractivity (Wildman–Crippen MR) is 80.0 cm³/mol. The Hall–Kier alpha value is -2.34. The molecule has 0 saturated heterocycles. The number of nitrogens with one attached hydrogen (secondary N) is 1. The number of hydrogen-bond donors (Lipinski definition) is 1. The summed E-state index contributed by atoms with van der Waals surface area (Å²) in [4.78, 5) is 10.7. The van der Waals surface area contributed by atoms with Crippen LogP contribution >= 0.6 is 0 Å². The highest BCUT2D eigenvalue weighted by molar-refractivity contribution is 7.92.